The summed E-state index contributed by atoms with van der Waals surface area (Å²) < 4.78 is 13.3. The lowest BCUT2D eigenvalue weighted by molar-refractivity contribution is 0.0961. The Bertz CT molecular complexity index is 1140. The van der Waals surface area contributed by atoms with Crippen LogP contribution in [0.2, 0.25) is 0 Å². The Hall–Kier alpha value is -2.89. The van der Waals surface area contributed by atoms with Crippen LogP contribution in [-0.2, 0) is 26.1 Å². The number of ketones is 1. The van der Waals surface area contributed by atoms with Gasteiger partial charge in [-0.25, -0.2) is 4.39 Å². The Morgan fingerprint density at radius 2 is 1.58 bits per heavy atom. The number of aryl methyl sites for hydroxylation is 1. The van der Waals surface area contributed by atoms with Gasteiger partial charge < -0.3 is 0 Å². The molecule has 3 aromatic rings. The maximum Gasteiger partial charge on any atom is 0.162 e. The van der Waals surface area contributed by atoms with Gasteiger partial charge in [-0.3, -0.25) is 19.6 Å². The van der Waals surface area contributed by atoms with Gasteiger partial charge in [0.2, 0.25) is 0 Å². The molecule has 5 rings (SSSR count). The van der Waals surface area contributed by atoms with Gasteiger partial charge in [-0.05, 0) is 110 Å². The molecule has 0 amide bonds. The van der Waals surface area contributed by atoms with Crippen LogP contribution in [0.1, 0.15) is 64.7 Å². The van der Waals surface area contributed by atoms with Gasteiger partial charge in [-0.2, -0.15) is 0 Å². The van der Waals surface area contributed by atoms with E-state index in [2.05, 4.69) is 39.0 Å². The molecule has 2 aromatic carbocycles. The van der Waals surface area contributed by atoms with Crippen molar-refractivity contribution in [1.82, 2.24) is 14.8 Å². The maximum absolute atomic E-state index is 13.3. The van der Waals surface area contributed by atoms with Crippen molar-refractivity contribution in [2.75, 3.05) is 19.6 Å². The van der Waals surface area contributed by atoms with E-state index < -0.39 is 0 Å². The highest BCUT2D eigenvalue weighted by Crippen LogP contribution is 2.26. The summed E-state index contributed by atoms with van der Waals surface area (Å²) in [5.74, 6) is 0.708. The van der Waals surface area contributed by atoms with Crippen LogP contribution in [0.3, 0.4) is 0 Å². The Morgan fingerprint density at radius 3 is 2.36 bits per heavy atom. The van der Waals surface area contributed by atoms with Crippen molar-refractivity contribution in [1.29, 1.82) is 0 Å². The van der Waals surface area contributed by atoms with Crippen molar-refractivity contribution in [3.05, 3.63) is 101 Å². The summed E-state index contributed by atoms with van der Waals surface area (Å²) in [7, 11) is 0. The lowest BCUT2D eigenvalue weighted by atomic mass is 9.89. The number of likely N-dealkylation sites (tertiary alicyclic amines) is 1. The van der Waals surface area contributed by atoms with Crippen molar-refractivity contribution in [3.63, 3.8) is 0 Å². The average Bonchev–Trinajstić information content (AvgIpc) is 3.11. The molecule has 0 saturated carbocycles. The third kappa shape index (κ3) is 6.65. The van der Waals surface area contributed by atoms with E-state index in [0.29, 0.717) is 12.3 Å². The number of benzene rings is 2. The van der Waals surface area contributed by atoms with Gasteiger partial charge in [-0.1, -0.05) is 24.3 Å². The highest BCUT2D eigenvalue weighted by molar-refractivity contribution is 5.96. The Labute approximate surface area is 214 Å². The molecule has 0 atom stereocenters. The number of carbonyl (C=O) groups is 1. The number of hydrogen-bond donors (Lipinski definition) is 0. The highest BCUT2D eigenvalue weighted by atomic mass is 19.1. The summed E-state index contributed by atoms with van der Waals surface area (Å²) in [5.41, 5.74) is 5.92. The van der Waals surface area contributed by atoms with Gasteiger partial charge in [0.1, 0.15) is 5.82 Å². The first-order chi connectivity index (χ1) is 17.6. The summed E-state index contributed by atoms with van der Waals surface area (Å²) in [6.45, 7) is 5.84. The second kappa shape index (κ2) is 11.9. The molecule has 4 nitrogen and oxygen atoms in total. The van der Waals surface area contributed by atoms with Crippen molar-refractivity contribution >= 4 is 5.78 Å². The predicted molar refractivity (Wildman–Crippen MR) is 141 cm³/mol. The van der Waals surface area contributed by atoms with Gasteiger partial charge in [0, 0.05) is 44.0 Å². The van der Waals surface area contributed by atoms with Gasteiger partial charge in [0.15, 0.2) is 5.78 Å². The fourth-order valence-corrected chi connectivity index (χ4v) is 5.65. The quantitative estimate of drug-likeness (QED) is 0.364. The number of halogens is 1. The van der Waals surface area contributed by atoms with Gasteiger partial charge in [0.25, 0.3) is 0 Å². The third-order valence-corrected chi connectivity index (χ3v) is 7.80. The fraction of sp³-hybridized carbons (Fsp3) is 0.419. The summed E-state index contributed by atoms with van der Waals surface area (Å²) >= 11 is 0. The Kier molecular flexibility index (Phi) is 8.19. The molecule has 3 heterocycles. The number of carbonyl (C=O) groups excluding carboxylic acids is 1. The standard InChI is InChI=1S/C31H36FN3O/c32-30-8-3-25(4-9-30)22-35-17-1-2-27-6-7-28(20-29(27)23-35)31(36)10-5-24-13-18-34(19-14-24)21-26-11-15-33-16-12-26/h3-4,6-9,11-12,15-16,20,24H,1-2,5,10,13-14,17-19,21-23H2. The number of pyridine rings is 1. The van der Waals surface area contributed by atoms with Crippen molar-refractivity contribution < 1.29 is 9.18 Å². The molecule has 1 fully saturated rings. The third-order valence-electron chi connectivity index (χ3n) is 7.80. The van der Waals surface area contributed by atoms with Crippen LogP contribution in [0.4, 0.5) is 4.39 Å². The molecular formula is C31H36FN3O. The van der Waals surface area contributed by atoms with Crippen molar-refractivity contribution in [3.8, 4) is 0 Å². The number of hydrogen-bond acceptors (Lipinski definition) is 4. The van der Waals surface area contributed by atoms with E-state index in [1.54, 1.807) is 0 Å². The molecule has 0 unspecified atom stereocenters. The first-order valence-corrected chi connectivity index (χ1v) is 13.4. The average molecular weight is 486 g/mol. The van der Waals surface area contributed by atoms with Crippen LogP contribution in [-0.4, -0.2) is 40.2 Å². The summed E-state index contributed by atoms with van der Waals surface area (Å²) in [6, 6.07) is 17.3. The largest absolute Gasteiger partial charge is 0.299 e. The van der Waals surface area contributed by atoms with E-state index in [0.717, 1.165) is 69.7 Å². The van der Waals surface area contributed by atoms with Gasteiger partial charge >= 0.3 is 0 Å². The minimum absolute atomic E-state index is 0.196. The van der Waals surface area contributed by atoms with Crippen LogP contribution >= 0.6 is 0 Å². The molecule has 0 aliphatic carbocycles. The second-order valence-electron chi connectivity index (χ2n) is 10.5. The number of nitrogens with zero attached hydrogens (tertiary/aromatic N) is 3. The van der Waals surface area contributed by atoms with Gasteiger partial charge in [0.05, 0.1) is 0 Å². The van der Waals surface area contributed by atoms with E-state index >= 15 is 0 Å². The molecule has 188 valence electrons. The van der Waals surface area contributed by atoms with Crippen LogP contribution in [0, 0.1) is 11.7 Å². The Morgan fingerprint density at radius 1 is 0.861 bits per heavy atom. The molecule has 5 heteroatoms. The number of rotatable bonds is 8. The number of fused-ring (bicyclic) bond motifs is 1. The lowest BCUT2D eigenvalue weighted by Gasteiger charge is -2.31. The summed E-state index contributed by atoms with van der Waals surface area (Å²) in [5, 5.41) is 0. The molecule has 2 aliphatic rings. The molecule has 36 heavy (non-hydrogen) atoms. The van der Waals surface area contributed by atoms with Crippen LogP contribution in [0.25, 0.3) is 0 Å². The molecule has 0 spiro atoms. The van der Waals surface area contributed by atoms with E-state index in [9.17, 15) is 9.18 Å². The molecule has 0 radical (unpaired) electrons. The zero-order chi connectivity index (χ0) is 24.7. The monoisotopic (exact) mass is 485 g/mol. The lowest BCUT2D eigenvalue weighted by Crippen LogP contribution is -2.33. The summed E-state index contributed by atoms with van der Waals surface area (Å²) in [4.78, 5) is 22.1. The first-order valence-electron chi connectivity index (χ1n) is 13.4. The maximum atomic E-state index is 13.3. The predicted octanol–water partition coefficient (Wildman–Crippen LogP) is 6.04. The molecule has 1 saturated heterocycles. The Balaban J connectivity index is 1.12. The number of piperidine rings is 1. The van der Waals surface area contributed by atoms with E-state index in [-0.39, 0.29) is 11.6 Å². The highest BCUT2D eigenvalue weighted by Gasteiger charge is 2.21. The number of aromatic nitrogens is 1. The molecule has 2 aliphatic heterocycles. The van der Waals surface area contributed by atoms with E-state index in [1.165, 1.54) is 41.7 Å². The van der Waals surface area contributed by atoms with Gasteiger partial charge in [-0.15, -0.1) is 0 Å². The minimum atomic E-state index is -0.196. The molecule has 0 N–H and O–H groups in total. The smallest absolute Gasteiger partial charge is 0.162 e. The molecule has 0 bridgehead atoms. The molecular weight excluding hydrogens is 449 g/mol. The minimum Gasteiger partial charge on any atom is -0.299 e. The molecule has 1 aromatic heterocycles. The van der Waals surface area contributed by atoms with E-state index in [1.807, 2.05) is 30.6 Å². The SMILES string of the molecule is O=C(CCC1CCN(Cc2ccncc2)CC1)c1ccc2c(c1)CN(Cc1ccc(F)cc1)CCC2. The van der Waals surface area contributed by atoms with Crippen molar-refractivity contribution in [2.24, 2.45) is 5.92 Å². The van der Waals surface area contributed by atoms with Crippen molar-refractivity contribution in [2.45, 2.75) is 58.2 Å². The first kappa shape index (κ1) is 24.8. The van der Waals surface area contributed by atoms with Crippen LogP contribution in [0.15, 0.2) is 67.0 Å². The topological polar surface area (TPSA) is 36.4 Å². The van der Waals surface area contributed by atoms with E-state index in [4.69, 9.17) is 0 Å². The fourth-order valence-electron chi connectivity index (χ4n) is 5.65. The second-order valence-corrected chi connectivity index (χ2v) is 10.5. The normalized spacial score (nSPS) is 17.5. The zero-order valence-corrected chi connectivity index (χ0v) is 21.0. The van der Waals surface area contributed by atoms with Crippen LogP contribution in [0.5, 0.6) is 0 Å². The number of Topliss-reactive ketones (excluding diaryl/α,β-unsaturated/α-hetero) is 1. The zero-order valence-electron chi connectivity index (χ0n) is 21.0. The van der Waals surface area contributed by atoms with Crippen LogP contribution < -0.4 is 0 Å². The summed E-state index contributed by atoms with van der Waals surface area (Å²) in [6.07, 6.45) is 9.81.